The highest BCUT2D eigenvalue weighted by Crippen LogP contribution is 2.25. The molecule has 0 saturated carbocycles. The first kappa shape index (κ1) is 13.9. The number of nitro benzene ring substituents is 1. The Hall–Kier alpha value is -2.56. The van der Waals surface area contributed by atoms with Crippen LogP contribution in [0.2, 0.25) is 0 Å². The van der Waals surface area contributed by atoms with Crippen LogP contribution in [0.1, 0.15) is 5.56 Å². The van der Waals surface area contributed by atoms with Gasteiger partial charge < -0.3 is 9.47 Å². The average Bonchev–Trinajstić information content (AvgIpc) is 2.46. The first-order chi connectivity index (χ1) is 9.66. The number of nitro groups is 1. The number of benzene rings is 2. The summed E-state index contributed by atoms with van der Waals surface area (Å²) < 4.78 is 10.9. The van der Waals surface area contributed by atoms with Gasteiger partial charge in [-0.15, -0.1) is 0 Å². The van der Waals surface area contributed by atoms with Gasteiger partial charge in [0, 0.05) is 6.07 Å². The van der Waals surface area contributed by atoms with Crippen molar-refractivity contribution in [2.75, 3.05) is 13.2 Å². The Kier molecular flexibility index (Phi) is 4.55. The molecule has 2 aromatic carbocycles. The SMILES string of the molecule is Cc1ccc(OCCOc2ccccc2[N+](=O)[O-])cc1. The predicted octanol–water partition coefficient (Wildman–Crippen LogP) is 3.36. The van der Waals surface area contributed by atoms with E-state index in [1.807, 2.05) is 31.2 Å². The number of para-hydroxylation sites is 2. The van der Waals surface area contributed by atoms with Crippen LogP contribution in [0.4, 0.5) is 5.69 Å². The van der Waals surface area contributed by atoms with Crippen molar-refractivity contribution in [1.29, 1.82) is 0 Å². The van der Waals surface area contributed by atoms with Gasteiger partial charge in [-0.2, -0.15) is 0 Å². The molecule has 0 aliphatic rings. The second-order valence-electron chi connectivity index (χ2n) is 4.23. The number of rotatable bonds is 6. The van der Waals surface area contributed by atoms with Crippen LogP contribution in [-0.4, -0.2) is 18.1 Å². The van der Waals surface area contributed by atoms with Gasteiger partial charge in [-0.25, -0.2) is 0 Å². The molecule has 5 heteroatoms. The van der Waals surface area contributed by atoms with Gasteiger partial charge in [-0.1, -0.05) is 29.8 Å². The van der Waals surface area contributed by atoms with E-state index < -0.39 is 4.92 Å². The molecule has 2 aromatic rings. The molecule has 0 atom stereocenters. The largest absolute Gasteiger partial charge is 0.490 e. The topological polar surface area (TPSA) is 61.6 Å². The monoisotopic (exact) mass is 273 g/mol. The van der Waals surface area contributed by atoms with Crippen LogP contribution in [0.5, 0.6) is 11.5 Å². The molecule has 0 saturated heterocycles. The first-order valence-corrected chi connectivity index (χ1v) is 6.22. The van der Waals surface area contributed by atoms with E-state index in [1.54, 1.807) is 18.2 Å². The molecule has 0 unspecified atom stereocenters. The molecule has 0 amide bonds. The molecule has 0 aliphatic carbocycles. The highest BCUT2D eigenvalue weighted by Gasteiger charge is 2.13. The number of hydrogen-bond acceptors (Lipinski definition) is 4. The van der Waals surface area contributed by atoms with E-state index in [0.29, 0.717) is 6.61 Å². The maximum atomic E-state index is 10.8. The zero-order valence-electron chi connectivity index (χ0n) is 11.1. The minimum absolute atomic E-state index is 0.0390. The molecule has 0 N–H and O–H groups in total. The minimum atomic E-state index is -0.462. The summed E-state index contributed by atoms with van der Waals surface area (Å²) in [5.41, 5.74) is 1.12. The molecule has 0 spiro atoms. The molecule has 0 heterocycles. The lowest BCUT2D eigenvalue weighted by atomic mass is 10.2. The summed E-state index contributed by atoms with van der Waals surface area (Å²) in [6.07, 6.45) is 0. The molecule has 0 bridgehead atoms. The van der Waals surface area contributed by atoms with E-state index in [4.69, 9.17) is 9.47 Å². The third kappa shape index (κ3) is 3.71. The van der Waals surface area contributed by atoms with Crippen molar-refractivity contribution in [2.24, 2.45) is 0 Å². The summed E-state index contributed by atoms with van der Waals surface area (Å²) in [6, 6.07) is 14.0. The van der Waals surface area contributed by atoms with Gasteiger partial charge in [0.2, 0.25) is 0 Å². The Balaban J connectivity index is 1.84. The normalized spacial score (nSPS) is 10.1. The number of nitrogens with zero attached hydrogens (tertiary/aromatic N) is 1. The minimum Gasteiger partial charge on any atom is -0.490 e. The summed E-state index contributed by atoms with van der Waals surface area (Å²) in [5, 5.41) is 10.8. The second kappa shape index (κ2) is 6.56. The maximum Gasteiger partial charge on any atom is 0.310 e. The molecule has 104 valence electrons. The zero-order chi connectivity index (χ0) is 14.4. The smallest absolute Gasteiger partial charge is 0.310 e. The van der Waals surface area contributed by atoms with Crippen LogP contribution >= 0.6 is 0 Å². The maximum absolute atomic E-state index is 10.8. The fraction of sp³-hybridized carbons (Fsp3) is 0.200. The average molecular weight is 273 g/mol. The molecule has 5 nitrogen and oxygen atoms in total. The van der Waals surface area contributed by atoms with E-state index >= 15 is 0 Å². The van der Waals surface area contributed by atoms with Gasteiger partial charge in [-0.3, -0.25) is 10.1 Å². The van der Waals surface area contributed by atoms with Crippen molar-refractivity contribution < 1.29 is 14.4 Å². The van der Waals surface area contributed by atoms with Crippen molar-refractivity contribution in [3.05, 3.63) is 64.2 Å². The van der Waals surface area contributed by atoms with E-state index in [-0.39, 0.29) is 18.0 Å². The first-order valence-electron chi connectivity index (χ1n) is 6.22. The Bertz CT molecular complexity index is 581. The van der Waals surface area contributed by atoms with Crippen LogP contribution in [0.25, 0.3) is 0 Å². The van der Waals surface area contributed by atoms with E-state index in [2.05, 4.69) is 0 Å². The standard InChI is InChI=1S/C15H15NO4/c1-12-6-8-13(9-7-12)19-10-11-20-15-5-3-2-4-14(15)16(17)18/h2-9H,10-11H2,1H3. The van der Waals surface area contributed by atoms with Gasteiger partial charge in [-0.05, 0) is 25.1 Å². The molecular formula is C15H15NO4. The molecule has 20 heavy (non-hydrogen) atoms. The molecule has 0 radical (unpaired) electrons. The lowest BCUT2D eigenvalue weighted by Crippen LogP contribution is -2.09. The van der Waals surface area contributed by atoms with Crippen LogP contribution in [0.15, 0.2) is 48.5 Å². The van der Waals surface area contributed by atoms with Gasteiger partial charge in [0.15, 0.2) is 5.75 Å². The summed E-state index contributed by atoms with van der Waals surface area (Å²) in [5.74, 6) is 1.01. The highest BCUT2D eigenvalue weighted by molar-refractivity contribution is 5.45. The zero-order valence-corrected chi connectivity index (χ0v) is 11.1. The Morgan fingerprint density at radius 2 is 1.65 bits per heavy atom. The lowest BCUT2D eigenvalue weighted by molar-refractivity contribution is -0.385. The lowest BCUT2D eigenvalue weighted by Gasteiger charge is -2.08. The third-order valence-electron chi connectivity index (χ3n) is 2.69. The molecule has 2 rings (SSSR count). The second-order valence-corrected chi connectivity index (χ2v) is 4.23. The van der Waals surface area contributed by atoms with Crippen LogP contribution in [0.3, 0.4) is 0 Å². The molecule has 0 aliphatic heterocycles. The van der Waals surface area contributed by atoms with Crippen molar-refractivity contribution in [1.82, 2.24) is 0 Å². The van der Waals surface area contributed by atoms with Crippen LogP contribution in [0, 0.1) is 17.0 Å². The number of aryl methyl sites for hydroxylation is 1. The molecule has 0 fully saturated rings. The fourth-order valence-corrected chi connectivity index (χ4v) is 1.68. The van der Waals surface area contributed by atoms with Gasteiger partial charge in [0.25, 0.3) is 0 Å². The van der Waals surface area contributed by atoms with E-state index in [0.717, 1.165) is 11.3 Å². The van der Waals surface area contributed by atoms with Gasteiger partial charge in [0.05, 0.1) is 4.92 Å². The summed E-state index contributed by atoms with van der Waals surface area (Å²) in [7, 11) is 0. The van der Waals surface area contributed by atoms with Crippen LogP contribution in [-0.2, 0) is 0 Å². The summed E-state index contributed by atoms with van der Waals surface area (Å²) >= 11 is 0. The highest BCUT2D eigenvalue weighted by atomic mass is 16.6. The van der Waals surface area contributed by atoms with Crippen molar-refractivity contribution in [3.8, 4) is 11.5 Å². The third-order valence-corrected chi connectivity index (χ3v) is 2.69. The van der Waals surface area contributed by atoms with Crippen LogP contribution < -0.4 is 9.47 Å². The van der Waals surface area contributed by atoms with E-state index in [9.17, 15) is 10.1 Å². The van der Waals surface area contributed by atoms with E-state index in [1.165, 1.54) is 6.07 Å². The summed E-state index contributed by atoms with van der Waals surface area (Å²) in [4.78, 5) is 10.3. The Labute approximate surface area is 116 Å². The summed E-state index contributed by atoms with van der Waals surface area (Å²) in [6.45, 7) is 2.58. The molecule has 0 aromatic heterocycles. The number of ether oxygens (including phenoxy) is 2. The Morgan fingerprint density at radius 3 is 2.35 bits per heavy atom. The fourth-order valence-electron chi connectivity index (χ4n) is 1.68. The van der Waals surface area contributed by atoms with Gasteiger partial charge in [0.1, 0.15) is 19.0 Å². The molecular weight excluding hydrogens is 258 g/mol. The quantitative estimate of drug-likeness (QED) is 0.460. The van der Waals surface area contributed by atoms with Crippen molar-refractivity contribution in [3.63, 3.8) is 0 Å². The Morgan fingerprint density at radius 1 is 1.00 bits per heavy atom. The number of hydrogen-bond donors (Lipinski definition) is 0. The van der Waals surface area contributed by atoms with Gasteiger partial charge >= 0.3 is 5.69 Å². The van der Waals surface area contributed by atoms with Crippen molar-refractivity contribution >= 4 is 5.69 Å². The predicted molar refractivity (Wildman–Crippen MR) is 75.3 cm³/mol. The van der Waals surface area contributed by atoms with Crippen molar-refractivity contribution in [2.45, 2.75) is 6.92 Å².